The maximum atomic E-state index is 12.8. The van der Waals surface area contributed by atoms with Crippen LogP contribution in [0.15, 0.2) is 59.7 Å². The molecule has 1 aliphatic rings. The molecule has 1 heterocycles. The Morgan fingerprint density at radius 1 is 1.03 bits per heavy atom. The maximum Gasteiger partial charge on any atom is 0.256 e. The Morgan fingerprint density at radius 3 is 2.51 bits per heavy atom. The normalized spacial score (nSPS) is 12.9. The van der Waals surface area contributed by atoms with E-state index < -0.39 is 11.8 Å². The molecule has 0 aliphatic carbocycles. The van der Waals surface area contributed by atoms with Gasteiger partial charge in [0.15, 0.2) is 0 Å². The zero-order valence-electron chi connectivity index (χ0n) is 20.0. The number of hydrogen-bond donors (Lipinski definition) is 2. The number of hydrogen-bond acceptors (Lipinski definition) is 6. The van der Waals surface area contributed by atoms with Crippen molar-refractivity contribution in [3.8, 4) is 5.75 Å². The molecular formula is C26H23Cl3N4O4. The molecule has 0 spiro atoms. The van der Waals surface area contributed by atoms with Gasteiger partial charge in [0, 0.05) is 10.6 Å². The number of nitrogens with zero attached hydrogens (tertiary/aromatic N) is 2. The third-order valence-corrected chi connectivity index (χ3v) is 6.11. The van der Waals surface area contributed by atoms with Gasteiger partial charge >= 0.3 is 0 Å². The van der Waals surface area contributed by atoms with Gasteiger partial charge in [-0.05, 0) is 55.8 Å². The fraction of sp³-hybridized carbons (Fsp3) is 0.192. The van der Waals surface area contributed by atoms with Gasteiger partial charge in [-0.25, -0.2) is 0 Å². The van der Waals surface area contributed by atoms with Gasteiger partial charge in [0.2, 0.25) is 0 Å². The molecule has 3 aromatic rings. The summed E-state index contributed by atoms with van der Waals surface area (Å²) >= 11 is 18.4. The van der Waals surface area contributed by atoms with Crippen LogP contribution in [0.1, 0.15) is 27.9 Å². The molecule has 192 valence electrons. The summed E-state index contributed by atoms with van der Waals surface area (Å²) in [5.74, 6) is 0.132. The summed E-state index contributed by atoms with van der Waals surface area (Å²) in [6.07, 6.45) is -0.122. The highest BCUT2D eigenvalue weighted by molar-refractivity contribution is 6.42. The van der Waals surface area contributed by atoms with Crippen molar-refractivity contribution < 1.29 is 19.2 Å². The largest absolute Gasteiger partial charge is 0.491 e. The van der Waals surface area contributed by atoms with Crippen LogP contribution in [0.3, 0.4) is 0 Å². The Bertz CT molecular complexity index is 1360. The van der Waals surface area contributed by atoms with Crippen molar-refractivity contribution in [2.45, 2.75) is 20.3 Å². The predicted octanol–water partition coefficient (Wildman–Crippen LogP) is 6.17. The number of carbonyl (C=O) groups excluding carboxylic acids is 2. The fourth-order valence-electron chi connectivity index (χ4n) is 3.63. The lowest BCUT2D eigenvalue weighted by molar-refractivity contribution is -0.116. The first-order chi connectivity index (χ1) is 17.7. The topological polar surface area (TPSA) is 92.3 Å². The highest BCUT2D eigenvalue weighted by Crippen LogP contribution is 2.38. The number of ether oxygens (including phenoxy) is 1. The zero-order valence-corrected chi connectivity index (χ0v) is 22.2. The molecule has 11 heteroatoms. The summed E-state index contributed by atoms with van der Waals surface area (Å²) in [4.78, 5) is 30.8. The van der Waals surface area contributed by atoms with Crippen LogP contribution in [0, 0.1) is 13.8 Å². The molecule has 0 saturated carbocycles. The van der Waals surface area contributed by atoms with E-state index in [1.807, 2.05) is 26.0 Å². The first-order valence-electron chi connectivity index (χ1n) is 11.3. The van der Waals surface area contributed by atoms with Gasteiger partial charge in [0.25, 0.3) is 11.8 Å². The van der Waals surface area contributed by atoms with E-state index in [0.29, 0.717) is 22.9 Å². The number of hydrazone groups is 1. The van der Waals surface area contributed by atoms with Crippen LogP contribution in [0.25, 0.3) is 0 Å². The lowest BCUT2D eigenvalue weighted by Crippen LogP contribution is -2.29. The second kappa shape index (κ2) is 11.8. The quantitative estimate of drug-likeness (QED) is 0.254. The Balaban J connectivity index is 1.32. The average Bonchev–Trinajstić information content (AvgIpc) is 3.19. The minimum absolute atomic E-state index is 0.122. The van der Waals surface area contributed by atoms with Crippen LogP contribution in [0.2, 0.25) is 15.1 Å². The van der Waals surface area contributed by atoms with E-state index in [1.54, 1.807) is 24.3 Å². The molecule has 0 bridgehead atoms. The van der Waals surface area contributed by atoms with Gasteiger partial charge in [-0.15, -0.1) is 0 Å². The van der Waals surface area contributed by atoms with E-state index in [4.69, 9.17) is 44.4 Å². The lowest BCUT2D eigenvalue weighted by Gasteiger charge is -2.15. The Kier molecular flexibility index (Phi) is 8.56. The van der Waals surface area contributed by atoms with Crippen molar-refractivity contribution in [3.63, 3.8) is 0 Å². The molecule has 2 N–H and O–H groups in total. The molecule has 8 nitrogen and oxygen atoms in total. The lowest BCUT2D eigenvalue weighted by atomic mass is 10.1. The number of rotatable bonds is 8. The van der Waals surface area contributed by atoms with Gasteiger partial charge in [-0.3, -0.25) is 19.9 Å². The summed E-state index contributed by atoms with van der Waals surface area (Å²) < 4.78 is 5.74. The standard InChI is InChI=1S/C26H23Cl3N4O4/c1-15-6-7-22(16(2)10-15)36-8-9-37-32-19-5-3-4-17(11-19)26(35)30-23-14-24(34)33(31-23)25-20(28)12-18(27)13-21(25)29/h3-7,10-13,32H,8-9,14H2,1-2H3,(H,30,31,35). The highest BCUT2D eigenvalue weighted by atomic mass is 35.5. The van der Waals surface area contributed by atoms with E-state index >= 15 is 0 Å². The van der Waals surface area contributed by atoms with E-state index in [9.17, 15) is 9.59 Å². The minimum Gasteiger partial charge on any atom is -0.491 e. The molecule has 0 saturated heterocycles. The molecule has 4 rings (SSSR count). The van der Waals surface area contributed by atoms with Crippen LogP contribution in [-0.2, 0) is 9.63 Å². The van der Waals surface area contributed by atoms with Crippen molar-refractivity contribution in [2.75, 3.05) is 23.7 Å². The summed E-state index contributed by atoms with van der Waals surface area (Å²) in [5.41, 5.74) is 6.15. The number of carbonyl (C=O) groups is 2. The average molecular weight is 562 g/mol. The number of anilines is 2. The van der Waals surface area contributed by atoms with E-state index in [2.05, 4.69) is 22.0 Å². The van der Waals surface area contributed by atoms with Crippen molar-refractivity contribution in [1.29, 1.82) is 0 Å². The second-order valence-electron chi connectivity index (χ2n) is 8.25. The zero-order chi connectivity index (χ0) is 26.5. The first-order valence-corrected chi connectivity index (χ1v) is 12.4. The molecule has 0 aromatic heterocycles. The third kappa shape index (κ3) is 6.72. The molecule has 1 aliphatic heterocycles. The van der Waals surface area contributed by atoms with E-state index in [-0.39, 0.29) is 34.6 Å². The number of aryl methyl sites for hydroxylation is 2. The molecule has 0 atom stereocenters. The summed E-state index contributed by atoms with van der Waals surface area (Å²) in [6.45, 7) is 4.66. The van der Waals surface area contributed by atoms with E-state index in [0.717, 1.165) is 16.3 Å². The summed E-state index contributed by atoms with van der Waals surface area (Å²) in [6, 6.07) is 15.6. The van der Waals surface area contributed by atoms with Crippen LogP contribution in [-0.4, -0.2) is 30.9 Å². The van der Waals surface area contributed by atoms with Crippen molar-refractivity contribution in [1.82, 2.24) is 5.32 Å². The van der Waals surface area contributed by atoms with Crippen LogP contribution < -0.4 is 20.5 Å². The highest BCUT2D eigenvalue weighted by Gasteiger charge is 2.30. The van der Waals surface area contributed by atoms with Crippen LogP contribution in [0.5, 0.6) is 5.75 Å². The van der Waals surface area contributed by atoms with Gasteiger partial charge in [0.1, 0.15) is 30.5 Å². The van der Waals surface area contributed by atoms with Gasteiger partial charge in [-0.2, -0.15) is 10.1 Å². The summed E-state index contributed by atoms with van der Waals surface area (Å²) in [7, 11) is 0. The van der Waals surface area contributed by atoms with Crippen LogP contribution >= 0.6 is 34.8 Å². The number of amides is 2. The van der Waals surface area contributed by atoms with Crippen molar-refractivity contribution >= 4 is 63.8 Å². The van der Waals surface area contributed by atoms with E-state index in [1.165, 1.54) is 17.7 Å². The first kappa shape index (κ1) is 26.8. The number of benzene rings is 3. The molecule has 0 unspecified atom stereocenters. The molecule has 3 aromatic carbocycles. The Morgan fingerprint density at radius 2 is 1.78 bits per heavy atom. The predicted molar refractivity (Wildman–Crippen MR) is 146 cm³/mol. The number of halogens is 3. The fourth-order valence-corrected chi connectivity index (χ4v) is 4.60. The van der Waals surface area contributed by atoms with Gasteiger partial charge < -0.3 is 10.1 Å². The minimum atomic E-state index is -0.441. The van der Waals surface area contributed by atoms with Crippen LogP contribution in [0.4, 0.5) is 11.4 Å². The molecule has 37 heavy (non-hydrogen) atoms. The second-order valence-corrected chi connectivity index (χ2v) is 9.50. The van der Waals surface area contributed by atoms with Crippen molar-refractivity contribution in [3.05, 3.63) is 86.4 Å². The monoisotopic (exact) mass is 560 g/mol. The number of amidine groups is 1. The Labute approximate surface area is 229 Å². The molecular weight excluding hydrogens is 539 g/mol. The smallest absolute Gasteiger partial charge is 0.256 e. The van der Waals surface area contributed by atoms with Gasteiger partial charge in [-0.1, -0.05) is 58.6 Å². The molecule has 0 radical (unpaired) electrons. The Hall–Kier alpha value is -3.30. The van der Waals surface area contributed by atoms with Crippen molar-refractivity contribution in [2.24, 2.45) is 5.10 Å². The molecule has 0 fully saturated rings. The third-order valence-electron chi connectivity index (χ3n) is 5.32. The SMILES string of the molecule is Cc1ccc(OCCONc2cccc(C(=O)NC3=NN(c4c(Cl)cc(Cl)cc4Cl)C(=O)C3)c2)c(C)c1. The summed E-state index contributed by atoms with van der Waals surface area (Å²) in [5, 5.41) is 8.56. The molecule has 2 amide bonds. The number of nitrogens with one attached hydrogen (secondary N) is 2. The van der Waals surface area contributed by atoms with Gasteiger partial charge in [0.05, 0.1) is 22.2 Å². The maximum absolute atomic E-state index is 12.8.